The van der Waals surface area contributed by atoms with Gasteiger partial charge in [0.25, 0.3) is 0 Å². The molecular weight excluding hydrogens is 177 g/mol. The van der Waals surface area contributed by atoms with Gasteiger partial charge in [-0.3, -0.25) is 0 Å². The van der Waals surface area contributed by atoms with E-state index in [0.29, 0.717) is 0 Å². The summed E-state index contributed by atoms with van der Waals surface area (Å²) in [4.78, 5) is 0. The molecule has 0 fully saturated rings. The third-order valence-electron chi connectivity index (χ3n) is 2.11. The maximum Gasteiger partial charge on any atom is 0.123 e. The number of rotatable bonds is 2. The highest BCUT2D eigenvalue weighted by Crippen LogP contribution is 2.27. The van der Waals surface area contributed by atoms with Crippen molar-refractivity contribution in [2.45, 2.75) is 33.2 Å². The highest BCUT2D eigenvalue weighted by molar-refractivity contribution is 5.19. The monoisotopic (exact) mass is 195 g/mol. The lowest BCUT2D eigenvalue weighted by atomic mass is 9.86. The minimum Gasteiger partial charge on any atom is -0.324 e. The van der Waals surface area contributed by atoms with E-state index in [2.05, 4.69) is 20.8 Å². The Bertz CT molecular complexity index is 301. The molecule has 0 spiro atoms. The molecule has 78 valence electrons. The molecule has 2 N–H and O–H groups in total. The van der Waals surface area contributed by atoms with Crippen LogP contribution in [-0.2, 0) is 0 Å². The highest BCUT2D eigenvalue weighted by atomic mass is 19.1. The van der Waals surface area contributed by atoms with E-state index in [1.165, 1.54) is 12.1 Å². The van der Waals surface area contributed by atoms with Gasteiger partial charge >= 0.3 is 0 Å². The lowest BCUT2D eigenvalue weighted by Gasteiger charge is -2.23. The van der Waals surface area contributed by atoms with Crippen LogP contribution < -0.4 is 5.73 Å². The van der Waals surface area contributed by atoms with Crippen molar-refractivity contribution in [3.05, 3.63) is 35.6 Å². The number of halogens is 1. The predicted molar refractivity (Wildman–Crippen MR) is 57.4 cm³/mol. The summed E-state index contributed by atoms with van der Waals surface area (Å²) in [6.07, 6.45) is 0.858. The van der Waals surface area contributed by atoms with Crippen LogP contribution in [0.15, 0.2) is 24.3 Å². The minimum atomic E-state index is -0.216. The van der Waals surface area contributed by atoms with E-state index in [4.69, 9.17) is 5.73 Å². The van der Waals surface area contributed by atoms with Crippen molar-refractivity contribution in [2.75, 3.05) is 0 Å². The number of hydrogen-bond acceptors (Lipinski definition) is 1. The number of hydrogen-bond donors (Lipinski definition) is 1. The Morgan fingerprint density at radius 3 is 2.50 bits per heavy atom. The van der Waals surface area contributed by atoms with Gasteiger partial charge < -0.3 is 5.73 Å². The van der Waals surface area contributed by atoms with Gasteiger partial charge in [0.15, 0.2) is 0 Å². The Hall–Kier alpha value is -0.890. The number of nitrogens with two attached hydrogens (primary N) is 1. The summed E-state index contributed by atoms with van der Waals surface area (Å²) in [6.45, 7) is 6.39. The van der Waals surface area contributed by atoms with Crippen LogP contribution in [0.5, 0.6) is 0 Å². The second-order valence-corrected chi connectivity index (χ2v) is 4.93. The van der Waals surface area contributed by atoms with Gasteiger partial charge in [-0.2, -0.15) is 0 Å². The van der Waals surface area contributed by atoms with Gasteiger partial charge in [0.2, 0.25) is 0 Å². The number of benzene rings is 1. The van der Waals surface area contributed by atoms with Crippen molar-refractivity contribution < 1.29 is 4.39 Å². The fraction of sp³-hybridized carbons (Fsp3) is 0.500. The zero-order valence-corrected chi connectivity index (χ0v) is 9.05. The Morgan fingerprint density at radius 1 is 1.36 bits per heavy atom. The average molecular weight is 195 g/mol. The summed E-state index contributed by atoms with van der Waals surface area (Å²) in [6, 6.07) is 6.45. The topological polar surface area (TPSA) is 26.0 Å². The van der Waals surface area contributed by atoms with E-state index in [-0.39, 0.29) is 17.3 Å². The molecule has 2 heteroatoms. The first-order valence-electron chi connectivity index (χ1n) is 4.89. The standard InChI is InChI=1S/C12H18FN/c1-12(2,3)8-11(14)9-5-4-6-10(13)7-9/h4-7,11H,8,14H2,1-3H3/t11-/m0/s1. The highest BCUT2D eigenvalue weighted by Gasteiger charge is 2.16. The molecule has 0 aliphatic carbocycles. The van der Waals surface area contributed by atoms with Crippen LogP contribution >= 0.6 is 0 Å². The van der Waals surface area contributed by atoms with Crippen LogP contribution in [0.25, 0.3) is 0 Å². The molecule has 0 radical (unpaired) electrons. The smallest absolute Gasteiger partial charge is 0.123 e. The van der Waals surface area contributed by atoms with E-state index < -0.39 is 0 Å². The van der Waals surface area contributed by atoms with E-state index in [9.17, 15) is 4.39 Å². The van der Waals surface area contributed by atoms with Gasteiger partial charge in [-0.05, 0) is 29.5 Å². The molecule has 0 heterocycles. The van der Waals surface area contributed by atoms with Crippen LogP contribution in [-0.4, -0.2) is 0 Å². The van der Waals surface area contributed by atoms with Crippen LogP contribution in [0, 0.1) is 11.2 Å². The Balaban J connectivity index is 2.74. The molecule has 1 atom stereocenters. The van der Waals surface area contributed by atoms with Gasteiger partial charge in [-0.1, -0.05) is 32.9 Å². The SMILES string of the molecule is CC(C)(C)C[C@H](N)c1cccc(F)c1. The third-order valence-corrected chi connectivity index (χ3v) is 2.11. The van der Waals surface area contributed by atoms with E-state index in [1.807, 2.05) is 6.07 Å². The summed E-state index contributed by atoms with van der Waals surface area (Å²) in [5.74, 6) is -0.216. The van der Waals surface area contributed by atoms with Crippen molar-refractivity contribution in [3.63, 3.8) is 0 Å². The molecule has 1 aromatic carbocycles. The van der Waals surface area contributed by atoms with Crippen LogP contribution in [0.3, 0.4) is 0 Å². The van der Waals surface area contributed by atoms with E-state index in [0.717, 1.165) is 12.0 Å². The Labute approximate surface area is 85.1 Å². The predicted octanol–water partition coefficient (Wildman–Crippen LogP) is 3.26. The van der Waals surface area contributed by atoms with Gasteiger partial charge in [-0.25, -0.2) is 4.39 Å². The third kappa shape index (κ3) is 3.46. The first kappa shape index (κ1) is 11.2. The van der Waals surface area contributed by atoms with E-state index >= 15 is 0 Å². The maximum atomic E-state index is 12.9. The van der Waals surface area contributed by atoms with Crippen molar-refractivity contribution in [1.29, 1.82) is 0 Å². The Kier molecular flexibility index (Phi) is 3.27. The molecule has 0 amide bonds. The normalized spacial score (nSPS) is 14.1. The summed E-state index contributed by atoms with van der Waals surface area (Å²) in [7, 11) is 0. The molecule has 0 aromatic heterocycles. The van der Waals surface area contributed by atoms with Crippen molar-refractivity contribution >= 4 is 0 Å². The molecule has 14 heavy (non-hydrogen) atoms. The van der Waals surface area contributed by atoms with Crippen molar-refractivity contribution in [1.82, 2.24) is 0 Å². The van der Waals surface area contributed by atoms with Crippen LogP contribution in [0.2, 0.25) is 0 Å². The molecule has 0 bridgehead atoms. The Morgan fingerprint density at radius 2 is 2.00 bits per heavy atom. The molecule has 0 saturated heterocycles. The fourth-order valence-corrected chi connectivity index (χ4v) is 1.51. The van der Waals surface area contributed by atoms with Crippen molar-refractivity contribution in [2.24, 2.45) is 11.1 Å². The molecular formula is C12H18FN. The molecule has 0 unspecified atom stereocenters. The van der Waals surface area contributed by atoms with Crippen LogP contribution in [0.1, 0.15) is 38.8 Å². The first-order valence-corrected chi connectivity index (χ1v) is 4.89. The lowest BCUT2D eigenvalue weighted by molar-refractivity contribution is 0.342. The maximum absolute atomic E-state index is 12.9. The van der Waals surface area contributed by atoms with Crippen LogP contribution in [0.4, 0.5) is 4.39 Å². The van der Waals surface area contributed by atoms with Gasteiger partial charge in [0.05, 0.1) is 0 Å². The summed E-state index contributed by atoms with van der Waals surface area (Å²) in [5, 5.41) is 0. The average Bonchev–Trinajstić information content (AvgIpc) is 2.01. The fourth-order valence-electron chi connectivity index (χ4n) is 1.51. The largest absolute Gasteiger partial charge is 0.324 e. The lowest BCUT2D eigenvalue weighted by Crippen LogP contribution is -2.18. The summed E-state index contributed by atoms with van der Waals surface area (Å²) >= 11 is 0. The quantitative estimate of drug-likeness (QED) is 0.770. The minimum absolute atomic E-state index is 0.0781. The molecule has 0 aliphatic heterocycles. The molecule has 0 saturated carbocycles. The molecule has 1 aromatic rings. The van der Waals surface area contributed by atoms with Gasteiger partial charge in [-0.15, -0.1) is 0 Å². The first-order chi connectivity index (χ1) is 6.38. The van der Waals surface area contributed by atoms with E-state index in [1.54, 1.807) is 6.07 Å². The zero-order valence-electron chi connectivity index (χ0n) is 9.05. The summed E-state index contributed by atoms with van der Waals surface area (Å²) < 4.78 is 12.9. The van der Waals surface area contributed by atoms with Gasteiger partial charge in [0.1, 0.15) is 5.82 Å². The van der Waals surface area contributed by atoms with Gasteiger partial charge in [0, 0.05) is 6.04 Å². The van der Waals surface area contributed by atoms with Crippen molar-refractivity contribution in [3.8, 4) is 0 Å². The second kappa shape index (κ2) is 4.09. The molecule has 1 rings (SSSR count). The molecule has 1 nitrogen and oxygen atoms in total. The molecule has 0 aliphatic rings. The summed E-state index contributed by atoms with van der Waals surface area (Å²) in [5.41, 5.74) is 7.03. The second-order valence-electron chi connectivity index (χ2n) is 4.93. The zero-order chi connectivity index (χ0) is 10.8.